The van der Waals surface area contributed by atoms with Crippen molar-refractivity contribution in [3.63, 3.8) is 0 Å². The van der Waals surface area contributed by atoms with E-state index in [1.54, 1.807) is 4.68 Å². The molecule has 1 aliphatic rings. The molecule has 6 heteroatoms. The average Bonchev–Trinajstić information content (AvgIpc) is 3.46. The zero-order chi connectivity index (χ0) is 22.9. The van der Waals surface area contributed by atoms with Gasteiger partial charge in [-0.05, 0) is 55.8 Å². The van der Waals surface area contributed by atoms with Gasteiger partial charge in [0, 0.05) is 45.1 Å². The summed E-state index contributed by atoms with van der Waals surface area (Å²) >= 11 is 0. The molecule has 2 aromatic carbocycles. The second-order valence-corrected chi connectivity index (χ2v) is 8.73. The van der Waals surface area contributed by atoms with Gasteiger partial charge >= 0.3 is 0 Å². The predicted molar refractivity (Wildman–Crippen MR) is 132 cm³/mol. The van der Waals surface area contributed by atoms with Crippen molar-refractivity contribution in [2.24, 2.45) is 7.05 Å². The van der Waals surface area contributed by atoms with Crippen LogP contribution in [0.2, 0.25) is 0 Å². The molecule has 33 heavy (non-hydrogen) atoms. The topological polar surface area (TPSA) is 46.3 Å². The third-order valence-electron chi connectivity index (χ3n) is 6.44. The van der Waals surface area contributed by atoms with Gasteiger partial charge in [-0.1, -0.05) is 35.9 Å². The van der Waals surface area contributed by atoms with Crippen LogP contribution in [0.1, 0.15) is 21.6 Å². The molecule has 1 amide bonds. The molecular formula is C27H29N5O. The summed E-state index contributed by atoms with van der Waals surface area (Å²) in [6.45, 7) is 7.21. The highest BCUT2D eigenvalue weighted by molar-refractivity contribution is 5.94. The van der Waals surface area contributed by atoms with E-state index in [0.717, 1.165) is 30.2 Å². The Hall–Kier alpha value is -3.80. The van der Waals surface area contributed by atoms with Crippen molar-refractivity contribution in [1.29, 1.82) is 0 Å². The first-order chi connectivity index (χ1) is 16.0. The SMILES string of the molecule is Cc1ccc(-n2nc(-c3cccn3C)cc2C(=O)N2CCN(c3ccccc3C)CC2)cc1. The summed E-state index contributed by atoms with van der Waals surface area (Å²) in [6, 6.07) is 22.5. The first-order valence-corrected chi connectivity index (χ1v) is 11.4. The smallest absolute Gasteiger partial charge is 0.272 e. The number of para-hydroxylation sites is 1. The number of nitrogens with zero attached hydrogens (tertiary/aromatic N) is 5. The van der Waals surface area contributed by atoms with Crippen LogP contribution in [0.15, 0.2) is 72.9 Å². The Morgan fingerprint density at radius 3 is 2.27 bits per heavy atom. The number of anilines is 1. The Balaban J connectivity index is 1.44. The molecule has 0 saturated carbocycles. The molecule has 0 unspecified atom stereocenters. The van der Waals surface area contributed by atoms with Crippen LogP contribution < -0.4 is 4.90 Å². The highest BCUT2D eigenvalue weighted by Gasteiger charge is 2.27. The predicted octanol–water partition coefficient (Wildman–Crippen LogP) is 4.46. The van der Waals surface area contributed by atoms with Crippen molar-refractivity contribution in [2.45, 2.75) is 13.8 Å². The van der Waals surface area contributed by atoms with Gasteiger partial charge in [0.1, 0.15) is 11.4 Å². The molecule has 2 aromatic heterocycles. The summed E-state index contributed by atoms with van der Waals surface area (Å²) in [6.07, 6.45) is 1.99. The number of hydrogen-bond donors (Lipinski definition) is 0. The fraction of sp³-hybridized carbons (Fsp3) is 0.259. The molecule has 0 N–H and O–H groups in total. The Bertz CT molecular complexity index is 1280. The maximum atomic E-state index is 13.7. The van der Waals surface area contributed by atoms with Crippen molar-refractivity contribution in [2.75, 3.05) is 31.1 Å². The van der Waals surface area contributed by atoms with Gasteiger partial charge in [0.05, 0.1) is 11.4 Å². The van der Waals surface area contributed by atoms with E-state index in [0.29, 0.717) is 18.8 Å². The van der Waals surface area contributed by atoms with Crippen molar-refractivity contribution in [1.82, 2.24) is 19.2 Å². The second kappa shape index (κ2) is 8.62. The Morgan fingerprint density at radius 2 is 1.61 bits per heavy atom. The highest BCUT2D eigenvalue weighted by Crippen LogP contribution is 2.25. The number of aromatic nitrogens is 3. The molecule has 1 aliphatic heterocycles. The molecule has 6 nitrogen and oxygen atoms in total. The number of carbonyl (C=O) groups is 1. The third kappa shape index (κ3) is 4.04. The molecule has 0 aliphatic carbocycles. The van der Waals surface area contributed by atoms with Crippen molar-refractivity contribution < 1.29 is 4.79 Å². The Labute approximate surface area is 194 Å². The van der Waals surface area contributed by atoms with E-state index in [1.807, 2.05) is 53.0 Å². The fourth-order valence-electron chi connectivity index (χ4n) is 4.50. The van der Waals surface area contributed by atoms with Crippen LogP contribution in [0, 0.1) is 13.8 Å². The van der Waals surface area contributed by atoms with E-state index >= 15 is 0 Å². The minimum Gasteiger partial charge on any atom is -0.368 e. The van der Waals surface area contributed by atoms with E-state index in [-0.39, 0.29) is 5.91 Å². The molecule has 1 saturated heterocycles. The zero-order valence-corrected chi connectivity index (χ0v) is 19.4. The normalized spacial score (nSPS) is 14.0. The molecule has 168 valence electrons. The van der Waals surface area contributed by atoms with Crippen LogP contribution >= 0.6 is 0 Å². The van der Waals surface area contributed by atoms with Crippen molar-refractivity contribution in [3.05, 3.63) is 89.7 Å². The van der Waals surface area contributed by atoms with Gasteiger partial charge in [-0.3, -0.25) is 4.79 Å². The number of rotatable bonds is 4. The van der Waals surface area contributed by atoms with Gasteiger partial charge in [-0.2, -0.15) is 5.10 Å². The van der Waals surface area contributed by atoms with Gasteiger partial charge < -0.3 is 14.4 Å². The monoisotopic (exact) mass is 439 g/mol. The minimum absolute atomic E-state index is 0.0213. The summed E-state index contributed by atoms with van der Waals surface area (Å²) in [5, 5.41) is 4.84. The van der Waals surface area contributed by atoms with Gasteiger partial charge in [-0.15, -0.1) is 0 Å². The molecule has 3 heterocycles. The van der Waals surface area contributed by atoms with E-state index < -0.39 is 0 Å². The molecule has 0 bridgehead atoms. The maximum Gasteiger partial charge on any atom is 0.272 e. The number of piperazine rings is 1. The fourth-order valence-corrected chi connectivity index (χ4v) is 4.50. The molecule has 0 atom stereocenters. The lowest BCUT2D eigenvalue weighted by Gasteiger charge is -2.36. The Morgan fingerprint density at radius 1 is 0.879 bits per heavy atom. The zero-order valence-electron chi connectivity index (χ0n) is 19.4. The number of aryl methyl sites for hydroxylation is 3. The van der Waals surface area contributed by atoms with Gasteiger partial charge in [0.15, 0.2) is 0 Å². The van der Waals surface area contributed by atoms with E-state index in [9.17, 15) is 4.79 Å². The molecule has 0 spiro atoms. The van der Waals surface area contributed by atoms with Gasteiger partial charge in [0.2, 0.25) is 0 Å². The molecule has 4 aromatic rings. The second-order valence-electron chi connectivity index (χ2n) is 8.73. The van der Waals surface area contributed by atoms with Crippen molar-refractivity contribution in [3.8, 4) is 17.1 Å². The largest absolute Gasteiger partial charge is 0.368 e. The highest BCUT2D eigenvalue weighted by atomic mass is 16.2. The minimum atomic E-state index is 0.0213. The third-order valence-corrected chi connectivity index (χ3v) is 6.44. The summed E-state index contributed by atoms with van der Waals surface area (Å²) in [5.74, 6) is 0.0213. The lowest BCUT2D eigenvalue weighted by molar-refractivity contribution is 0.0737. The first-order valence-electron chi connectivity index (χ1n) is 11.4. The molecule has 1 fully saturated rings. The van der Waals surface area contributed by atoms with E-state index in [1.165, 1.54) is 16.8 Å². The Kier molecular flexibility index (Phi) is 5.50. The quantitative estimate of drug-likeness (QED) is 0.472. The number of amides is 1. The summed E-state index contributed by atoms with van der Waals surface area (Å²) in [4.78, 5) is 18.0. The standard InChI is InChI=1S/C27H29N5O/c1-20-10-12-22(13-11-20)32-26(19-23(28-32)25-9-6-14-29(25)3)27(33)31-17-15-30(16-18-31)24-8-5-4-7-21(24)2/h4-14,19H,15-18H2,1-3H3. The number of benzene rings is 2. The van der Waals surface area contributed by atoms with Crippen LogP contribution in [0.3, 0.4) is 0 Å². The summed E-state index contributed by atoms with van der Waals surface area (Å²) in [7, 11) is 1.99. The van der Waals surface area contributed by atoms with Crippen LogP contribution in [0.5, 0.6) is 0 Å². The molecular weight excluding hydrogens is 410 g/mol. The van der Waals surface area contributed by atoms with Crippen LogP contribution in [-0.2, 0) is 7.05 Å². The van der Waals surface area contributed by atoms with Crippen LogP contribution in [0.25, 0.3) is 17.1 Å². The van der Waals surface area contributed by atoms with Gasteiger partial charge in [-0.25, -0.2) is 4.68 Å². The summed E-state index contributed by atoms with van der Waals surface area (Å²) in [5.41, 5.74) is 6.96. The van der Waals surface area contributed by atoms with E-state index in [4.69, 9.17) is 5.10 Å². The average molecular weight is 440 g/mol. The van der Waals surface area contributed by atoms with E-state index in [2.05, 4.69) is 55.1 Å². The van der Waals surface area contributed by atoms with Crippen molar-refractivity contribution >= 4 is 11.6 Å². The molecule has 0 radical (unpaired) electrons. The first kappa shape index (κ1) is 21.1. The lowest BCUT2D eigenvalue weighted by atomic mass is 10.1. The maximum absolute atomic E-state index is 13.7. The van der Waals surface area contributed by atoms with Crippen LogP contribution in [0.4, 0.5) is 5.69 Å². The number of hydrogen-bond acceptors (Lipinski definition) is 3. The van der Waals surface area contributed by atoms with Crippen LogP contribution in [-0.4, -0.2) is 51.3 Å². The lowest BCUT2D eigenvalue weighted by Crippen LogP contribution is -2.49. The van der Waals surface area contributed by atoms with Gasteiger partial charge in [0.25, 0.3) is 5.91 Å². The number of carbonyl (C=O) groups excluding carboxylic acids is 1. The molecule has 5 rings (SSSR count). The summed E-state index contributed by atoms with van der Waals surface area (Å²) < 4.78 is 3.81.